The number of halogens is 2. The Hall–Kier alpha value is -3.04. The van der Waals surface area contributed by atoms with Gasteiger partial charge in [0.05, 0.1) is 24.0 Å². The number of unbranched alkanes of at least 4 members (excludes halogenated alkanes) is 3. The molecule has 0 radical (unpaired) electrons. The molecule has 230 valence electrons. The van der Waals surface area contributed by atoms with E-state index < -0.39 is 41.7 Å². The number of ether oxygens (including phenoxy) is 1. The van der Waals surface area contributed by atoms with Crippen molar-refractivity contribution in [3.8, 4) is 5.75 Å². The highest BCUT2D eigenvalue weighted by atomic mass is 19.1. The maximum Gasteiger partial charge on any atom is 0.226 e. The number of aliphatic hydroxyl groups excluding tert-OH is 1. The zero-order valence-electron chi connectivity index (χ0n) is 24.7. The molecular formula is C33H45F2N3O4. The summed E-state index contributed by atoms with van der Waals surface area (Å²) < 4.78 is 34.2. The van der Waals surface area contributed by atoms with E-state index in [1.165, 1.54) is 12.1 Å². The fourth-order valence-corrected chi connectivity index (χ4v) is 6.28. The van der Waals surface area contributed by atoms with Gasteiger partial charge in [0.15, 0.2) is 0 Å². The summed E-state index contributed by atoms with van der Waals surface area (Å²) in [5.74, 6) is -1.98. The number of benzene rings is 2. The summed E-state index contributed by atoms with van der Waals surface area (Å²) in [6.45, 7) is 5.62. The van der Waals surface area contributed by atoms with E-state index in [-0.39, 0.29) is 24.3 Å². The SMILES string of the molecule is CCCCCCN1CC(C(=O)N[C@@H](Cc2cc(F)cc(F)c2)[C@H](O)[C@H]2C[C@@H](Oc3ccccc3)CN2)C(CCC)C1=O. The third-order valence-electron chi connectivity index (χ3n) is 8.45. The van der Waals surface area contributed by atoms with Gasteiger partial charge in [0.1, 0.15) is 23.5 Å². The fourth-order valence-electron chi connectivity index (χ4n) is 6.28. The molecule has 0 spiro atoms. The molecule has 2 unspecified atom stereocenters. The van der Waals surface area contributed by atoms with Crippen molar-refractivity contribution < 1.29 is 28.2 Å². The van der Waals surface area contributed by atoms with Crippen LogP contribution in [0.15, 0.2) is 48.5 Å². The van der Waals surface area contributed by atoms with Crippen LogP contribution in [0.3, 0.4) is 0 Å². The zero-order chi connectivity index (χ0) is 30.1. The molecule has 2 aromatic rings. The van der Waals surface area contributed by atoms with Crippen LogP contribution >= 0.6 is 0 Å². The summed E-state index contributed by atoms with van der Waals surface area (Å²) in [6, 6.07) is 11.4. The number of para-hydroxylation sites is 1. The number of nitrogens with one attached hydrogen (secondary N) is 2. The first kappa shape index (κ1) is 31.9. The van der Waals surface area contributed by atoms with E-state index in [4.69, 9.17) is 4.74 Å². The van der Waals surface area contributed by atoms with Gasteiger partial charge in [0, 0.05) is 38.2 Å². The number of carbonyl (C=O) groups is 2. The molecule has 2 saturated heterocycles. The van der Waals surface area contributed by atoms with E-state index in [0.717, 1.165) is 43.9 Å². The number of amides is 2. The molecule has 2 amide bonds. The van der Waals surface area contributed by atoms with Crippen LogP contribution in [-0.4, -0.2) is 65.7 Å². The Kier molecular flexibility index (Phi) is 11.7. The molecular weight excluding hydrogens is 540 g/mol. The van der Waals surface area contributed by atoms with Crippen molar-refractivity contribution in [1.82, 2.24) is 15.5 Å². The molecule has 2 fully saturated rings. The molecule has 9 heteroatoms. The average molecular weight is 586 g/mol. The summed E-state index contributed by atoms with van der Waals surface area (Å²) in [4.78, 5) is 28.8. The standard InChI is InChI=1S/C33H45F2N3O4/c1-3-5-6-10-14-38-21-28(27(11-4-2)33(38)41)32(40)37-30(17-22-15-23(34)18-24(35)16-22)31(39)29-19-26(20-36-29)42-25-12-8-7-9-13-25/h7-9,12-13,15-16,18,26-31,36,39H,3-6,10-11,14,17,19-21H2,1-2H3,(H,37,40)/t26-,27?,28?,29-,30+,31-/m1/s1. The van der Waals surface area contributed by atoms with Crippen molar-refractivity contribution in [2.45, 2.75) is 89.5 Å². The van der Waals surface area contributed by atoms with Crippen LogP contribution in [0.5, 0.6) is 5.75 Å². The first-order chi connectivity index (χ1) is 20.3. The number of rotatable bonds is 15. The second-order valence-electron chi connectivity index (χ2n) is 11.7. The summed E-state index contributed by atoms with van der Waals surface area (Å²) in [5, 5.41) is 17.8. The van der Waals surface area contributed by atoms with Gasteiger partial charge in [-0.1, -0.05) is 57.7 Å². The van der Waals surface area contributed by atoms with Gasteiger partial charge in [-0.15, -0.1) is 0 Å². The van der Waals surface area contributed by atoms with Crippen LogP contribution in [0, 0.1) is 23.5 Å². The number of likely N-dealkylation sites (tertiary alicyclic amines) is 1. The third kappa shape index (κ3) is 8.51. The molecule has 0 bridgehead atoms. The Labute approximate surface area is 248 Å². The second kappa shape index (κ2) is 15.4. The normalized spacial score (nSPS) is 23.6. The van der Waals surface area contributed by atoms with Crippen molar-refractivity contribution in [3.63, 3.8) is 0 Å². The number of carbonyl (C=O) groups excluding carboxylic acids is 2. The highest BCUT2D eigenvalue weighted by molar-refractivity contribution is 5.91. The van der Waals surface area contributed by atoms with Crippen LogP contribution in [0.25, 0.3) is 0 Å². The van der Waals surface area contributed by atoms with Gasteiger partial charge in [-0.2, -0.15) is 0 Å². The lowest BCUT2D eigenvalue weighted by Gasteiger charge is -2.30. The van der Waals surface area contributed by atoms with Crippen molar-refractivity contribution >= 4 is 11.8 Å². The van der Waals surface area contributed by atoms with Gasteiger partial charge in [-0.05, 0) is 49.1 Å². The molecule has 2 heterocycles. The second-order valence-corrected chi connectivity index (χ2v) is 11.7. The van der Waals surface area contributed by atoms with Crippen LogP contribution in [0.1, 0.15) is 64.4 Å². The predicted octanol–water partition coefficient (Wildman–Crippen LogP) is 4.62. The Morgan fingerprint density at radius 2 is 1.83 bits per heavy atom. The highest BCUT2D eigenvalue weighted by Crippen LogP contribution is 2.30. The summed E-state index contributed by atoms with van der Waals surface area (Å²) in [6.07, 6.45) is 4.81. The Bertz CT molecular complexity index is 1150. The maximum absolute atomic E-state index is 14.1. The number of hydrogen-bond donors (Lipinski definition) is 3. The third-order valence-corrected chi connectivity index (χ3v) is 8.45. The number of nitrogens with zero attached hydrogens (tertiary/aromatic N) is 1. The molecule has 0 aliphatic carbocycles. The molecule has 3 N–H and O–H groups in total. The van der Waals surface area contributed by atoms with Gasteiger partial charge in [0.25, 0.3) is 0 Å². The molecule has 4 rings (SSSR count). The topological polar surface area (TPSA) is 90.9 Å². The van der Waals surface area contributed by atoms with E-state index in [9.17, 15) is 23.5 Å². The molecule has 0 saturated carbocycles. The van der Waals surface area contributed by atoms with Crippen LogP contribution in [0.2, 0.25) is 0 Å². The maximum atomic E-state index is 14.1. The van der Waals surface area contributed by atoms with E-state index in [0.29, 0.717) is 38.0 Å². The summed E-state index contributed by atoms with van der Waals surface area (Å²) in [5.41, 5.74) is 0.331. The molecule has 2 aliphatic heterocycles. The first-order valence-corrected chi connectivity index (χ1v) is 15.5. The first-order valence-electron chi connectivity index (χ1n) is 15.5. The van der Waals surface area contributed by atoms with Crippen molar-refractivity contribution in [1.29, 1.82) is 0 Å². The monoisotopic (exact) mass is 585 g/mol. The Balaban J connectivity index is 1.48. The minimum absolute atomic E-state index is 0.0103. The number of aliphatic hydroxyl groups is 1. The molecule has 42 heavy (non-hydrogen) atoms. The minimum atomic E-state index is -1.06. The van der Waals surface area contributed by atoms with Crippen molar-refractivity contribution in [2.75, 3.05) is 19.6 Å². The zero-order valence-corrected chi connectivity index (χ0v) is 24.7. The molecule has 2 aromatic carbocycles. The van der Waals surface area contributed by atoms with Crippen molar-refractivity contribution in [2.24, 2.45) is 11.8 Å². The predicted molar refractivity (Wildman–Crippen MR) is 158 cm³/mol. The van der Waals surface area contributed by atoms with Gasteiger partial charge >= 0.3 is 0 Å². The van der Waals surface area contributed by atoms with Gasteiger partial charge in [-0.3, -0.25) is 9.59 Å². The Morgan fingerprint density at radius 3 is 2.52 bits per heavy atom. The van der Waals surface area contributed by atoms with Gasteiger partial charge in [-0.25, -0.2) is 8.78 Å². The lowest BCUT2D eigenvalue weighted by atomic mass is 9.89. The lowest BCUT2D eigenvalue weighted by molar-refractivity contribution is -0.134. The van der Waals surface area contributed by atoms with E-state index in [2.05, 4.69) is 17.6 Å². The summed E-state index contributed by atoms with van der Waals surface area (Å²) >= 11 is 0. The average Bonchev–Trinajstić information content (AvgIpc) is 3.55. The minimum Gasteiger partial charge on any atom is -0.489 e. The molecule has 0 aromatic heterocycles. The molecule has 6 atom stereocenters. The fraction of sp³-hybridized carbons (Fsp3) is 0.576. The van der Waals surface area contributed by atoms with Crippen LogP contribution in [0.4, 0.5) is 8.78 Å². The van der Waals surface area contributed by atoms with Crippen LogP contribution < -0.4 is 15.4 Å². The van der Waals surface area contributed by atoms with E-state index >= 15 is 0 Å². The molecule has 7 nitrogen and oxygen atoms in total. The molecule has 2 aliphatic rings. The quantitative estimate of drug-likeness (QED) is 0.266. The number of hydrogen-bond acceptors (Lipinski definition) is 5. The summed E-state index contributed by atoms with van der Waals surface area (Å²) in [7, 11) is 0. The van der Waals surface area contributed by atoms with E-state index in [1.54, 1.807) is 4.90 Å². The van der Waals surface area contributed by atoms with Gasteiger partial charge < -0.3 is 25.4 Å². The lowest BCUT2D eigenvalue weighted by Crippen LogP contribution is -2.54. The van der Waals surface area contributed by atoms with E-state index in [1.807, 2.05) is 37.3 Å². The largest absolute Gasteiger partial charge is 0.489 e. The Morgan fingerprint density at radius 1 is 1.10 bits per heavy atom. The smallest absolute Gasteiger partial charge is 0.226 e. The van der Waals surface area contributed by atoms with Gasteiger partial charge in [0.2, 0.25) is 11.8 Å². The van der Waals surface area contributed by atoms with Crippen molar-refractivity contribution in [3.05, 3.63) is 65.7 Å². The van der Waals surface area contributed by atoms with Crippen LogP contribution in [-0.2, 0) is 16.0 Å². The highest BCUT2D eigenvalue weighted by Gasteiger charge is 2.44.